The van der Waals surface area contributed by atoms with Crippen molar-refractivity contribution >= 4 is 0 Å². The molecule has 0 aliphatic heterocycles. The highest BCUT2D eigenvalue weighted by atomic mass is 19.3. The van der Waals surface area contributed by atoms with Gasteiger partial charge < -0.3 is 9.84 Å². The zero-order valence-electron chi connectivity index (χ0n) is 7.34. The molecule has 2 nitrogen and oxygen atoms in total. The van der Waals surface area contributed by atoms with Crippen LogP contribution in [-0.2, 0) is 5.92 Å². The molecule has 72 valence electrons. The Morgan fingerprint density at radius 2 is 2.00 bits per heavy atom. The summed E-state index contributed by atoms with van der Waals surface area (Å²) in [5.41, 5.74) is -0.310. The molecule has 0 amide bonds. The largest absolute Gasteiger partial charge is 0.504 e. The van der Waals surface area contributed by atoms with Gasteiger partial charge in [-0.05, 0) is 12.1 Å². The van der Waals surface area contributed by atoms with Crippen LogP contribution in [0.5, 0.6) is 11.5 Å². The molecule has 0 saturated carbocycles. The number of halogens is 2. The molecule has 0 aromatic heterocycles. The third-order valence-corrected chi connectivity index (χ3v) is 1.67. The normalized spacial score (nSPS) is 11.4. The lowest BCUT2D eigenvalue weighted by Gasteiger charge is -2.15. The maximum atomic E-state index is 12.9. The topological polar surface area (TPSA) is 29.5 Å². The number of phenols is 1. The van der Waals surface area contributed by atoms with E-state index in [1.807, 2.05) is 0 Å². The monoisotopic (exact) mass is 188 g/mol. The first-order valence-corrected chi connectivity index (χ1v) is 3.71. The minimum atomic E-state index is -3.01. The van der Waals surface area contributed by atoms with E-state index in [0.717, 1.165) is 6.92 Å². The number of alkyl halides is 2. The van der Waals surface area contributed by atoms with Crippen molar-refractivity contribution in [1.29, 1.82) is 0 Å². The average molecular weight is 188 g/mol. The second kappa shape index (κ2) is 3.20. The van der Waals surface area contributed by atoms with Crippen LogP contribution in [0.1, 0.15) is 12.5 Å². The van der Waals surface area contributed by atoms with E-state index in [9.17, 15) is 13.9 Å². The van der Waals surface area contributed by atoms with Gasteiger partial charge in [0.1, 0.15) is 0 Å². The number of para-hydroxylation sites is 1. The molecular weight excluding hydrogens is 178 g/mol. The smallest absolute Gasteiger partial charge is 0.274 e. The van der Waals surface area contributed by atoms with E-state index >= 15 is 0 Å². The molecule has 13 heavy (non-hydrogen) atoms. The number of hydrogen-bond acceptors (Lipinski definition) is 2. The van der Waals surface area contributed by atoms with E-state index in [0.29, 0.717) is 0 Å². The van der Waals surface area contributed by atoms with E-state index in [-0.39, 0.29) is 17.1 Å². The van der Waals surface area contributed by atoms with Gasteiger partial charge >= 0.3 is 0 Å². The molecule has 1 N–H and O–H groups in total. The van der Waals surface area contributed by atoms with Gasteiger partial charge in [-0.1, -0.05) is 6.07 Å². The van der Waals surface area contributed by atoms with E-state index in [1.54, 1.807) is 0 Å². The summed E-state index contributed by atoms with van der Waals surface area (Å²) in [6, 6.07) is 3.87. The molecule has 0 saturated heterocycles. The van der Waals surface area contributed by atoms with Gasteiger partial charge in [-0.3, -0.25) is 0 Å². The predicted molar refractivity (Wildman–Crippen MR) is 44.2 cm³/mol. The number of hydrogen-bond donors (Lipinski definition) is 1. The van der Waals surface area contributed by atoms with E-state index in [1.165, 1.54) is 25.3 Å². The number of rotatable bonds is 2. The summed E-state index contributed by atoms with van der Waals surface area (Å²) in [5.74, 6) is -3.46. The summed E-state index contributed by atoms with van der Waals surface area (Å²) in [4.78, 5) is 0. The van der Waals surface area contributed by atoms with Crippen LogP contribution in [0.25, 0.3) is 0 Å². The quantitative estimate of drug-likeness (QED) is 0.772. The summed E-state index contributed by atoms with van der Waals surface area (Å²) in [7, 11) is 1.24. The molecule has 0 heterocycles. The van der Waals surface area contributed by atoms with Crippen LogP contribution in [0, 0.1) is 0 Å². The molecule has 0 spiro atoms. The van der Waals surface area contributed by atoms with Gasteiger partial charge in [-0.25, -0.2) is 8.78 Å². The Bertz CT molecular complexity index is 305. The Labute approximate surface area is 74.8 Å². The van der Waals surface area contributed by atoms with Gasteiger partial charge in [0.25, 0.3) is 5.92 Å². The zero-order chi connectivity index (χ0) is 10.1. The minimum Gasteiger partial charge on any atom is -0.504 e. The van der Waals surface area contributed by atoms with E-state index in [2.05, 4.69) is 4.74 Å². The van der Waals surface area contributed by atoms with Crippen LogP contribution >= 0.6 is 0 Å². The van der Waals surface area contributed by atoms with Gasteiger partial charge in [0.05, 0.1) is 12.7 Å². The highest BCUT2D eigenvalue weighted by Crippen LogP contribution is 2.39. The molecule has 0 radical (unpaired) electrons. The molecule has 0 aliphatic rings. The second-order valence-electron chi connectivity index (χ2n) is 2.75. The Morgan fingerprint density at radius 3 is 2.38 bits per heavy atom. The summed E-state index contributed by atoms with van der Waals surface area (Å²) in [6.45, 7) is 0.754. The molecule has 1 aromatic rings. The van der Waals surface area contributed by atoms with Crippen molar-refractivity contribution in [3.63, 3.8) is 0 Å². The number of phenolic OH excluding ortho intramolecular Hbond substituents is 1. The van der Waals surface area contributed by atoms with Gasteiger partial charge in [0.2, 0.25) is 0 Å². The van der Waals surface area contributed by atoms with Gasteiger partial charge in [0.15, 0.2) is 11.5 Å². The van der Waals surface area contributed by atoms with Gasteiger partial charge in [0, 0.05) is 6.92 Å². The lowest BCUT2D eigenvalue weighted by molar-refractivity contribution is 0.0147. The van der Waals surface area contributed by atoms with Crippen LogP contribution < -0.4 is 4.74 Å². The molecule has 0 atom stereocenters. The van der Waals surface area contributed by atoms with Crippen molar-refractivity contribution in [2.45, 2.75) is 12.8 Å². The summed E-state index contributed by atoms with van der Waals surface area (Å²) in [6.07, 6.45) is 0. The van der Waals surface area contributed by atoms with E-state index < -0.39 is 5.92 Å². The fraction of sp³-hybridized carbons (Fsp3) is 0.333. The highest BCUT2D eigenvalue weighted by molar-refractivity contribution is 5.47. The average Bonchev–Trinajstić information content (AvgIpc) is 2.02. The fourth-order valence-electron chi connectivity index (χ4n) is 1.09. The van der Waals surface area contributed by atoms with Crippen LogP contribution in [0.3, 0.4) is 0 Å². The fourth-order valence-corrected chi connectivity index (χ4v) is 1.09. The summed E-state index contributed by atoms with van der Waals surface area (Å²) in [5, 5.41) is 9.20. The van der Waals surface area contributed by atoms with Crippen molar-refractivity contribution in [1.82, 2.24) is 0 Å². The Hall–Kier alpha value is -1.32. The lowest BCUT2D eigenvalue weighted by atomic mass is 10.1. The molecule has 1 rings (SSSR count). The molecule has 0 aliphatic carbocycles. The minimum absolute atomic E-state index is 0.171. The summed E-state index contributed by atoms with van der Waals surface area (Å²) >= 11 is 0. The van der Waals surface area contributed by atoms with Gasteiger partial charge in [-0.2, -0.15) is 0 Å². The third kappa shape index (κ3) is 1.88. The first kappa shape index (κ1) is 9.77. The molecule has 4 heteroatoms. The number of benzene rings is 1. The van der Waals surface area contributed by atoms with Crippen molar-refractivity contribution in [2.75, 3.05) is 7.11 Å². The maximum Gasteiger partial charge on any atom is 0.274 e. The lowest BCUT2D eigenvalue weighted by Crippen LogP contribution is -2.08. The van der Waals surface area contributed by atoms with Crippen molar-refractivity contribution in [3.8, 4) is 11.5 Å². The SMILES string of the molecule is COc1c(O)cccc1C(C)(F)F. The van der Waals surface area contributed by atoms with Crippen molar-refractivity contribution < 1.29 is 18.6 Å². The highest BCUT2D eigenvalue weighted by Gasteiger charge is 2.29. The third-order valence-electron chi connectivity index (χ3n) is 1.67. The Balaban J connectivity index is 3.29. The van der Waals surface area contributed by atoms with Crippen molar-refractivity contribution in [2.24, 2.45) is 0 Å². The Kier molecular flexibility index (Phi) is 2.40. The second-order valence-corrected chi connectivity index (χ2v) is 2.75. The maximum absolute atomic E-state index is 12.9. The molecule has 0 unspecified atom stereocenters. The van der Waals surface area contributed by atoms with Gasteiger partial charge in [-0.15, -0.1) is 0 Å². The van der Waals surface area contributed by atoms with Crippen LogP contribution in [0.4, 0.5) is 8.78 Å². The predicted octanol–water partition coefficient (Wildman–Crippen LogP) is 2.51. The standard InChI is InChI=1S/C9H10F2O2/c1-9(10,11)6-4-3-5-7(12)8(6)13-2/h3-5,12H,1-2H3. The molecule has 0 bridgehead atoms. The first-order chi connectivity index (χ1) is 5.96. The number of methoxy groups -OCH3 is 1. The van der Waals surface area contributed by atoms with Crippen LogP contribution in [0.2, 0.25) is 0 Å². The van der Waals surface area contributed by atoms with Crippen molar-refractivity contribution in [3.05, 3.63) is 23.8 Å². The molecule has 1 aromatic carbocycles. The number of aromatic hydroxyl groups is 1. The van der Waals surface area contributed by atoms with Crippen LogP contribution in [-0.4, -0.2) is 12.2 Å². The summed E-state index contributed by atoms with van der Waals surface area (Å²) < 4.78 is 30.5. The first-order valence-electron chi connectivity index (χ1n) is 3.71. The zero-order valence-corrected chi connectivity index (χ0v) is 7.34. The van der Waals surface area contributed by atoms with Crippen LogP contribution in [0.15, 0.2) is 18.2 Å². The van der Waals surface area contributed by atoms with E-state index in [4.69, 9.17) is 0 Å². The molecule has 0 fully saturated rings. The Morgan fingerprint density at radius 1 is 1.38 bits per heavy atom. The molecular formula is C9H10F2O2. The number of ether oxygens (including phenoxy) is 1.